The molecule has 0 saturated carbocycles. The SMILES string of the molecule is O=S(=O)(OC1=CC(c2cccc(Br)c2)OCC1)C(F)(F)F. The van der Waals surface area contributed by atoms with E-state index in [1.165, 1.54) is 6.08 Å². The van der Waals surface area contributed by atoms with Gasteiger partial charge in [-0.2, -0.15) is 21.6 Å². The molecule has 0 amide bonds. The van der Waals surface area contributed by atoms with E-state index in [0.29, 0.717) is 5.56 Å². The molecule has 0 aliphatic carbocycles. The van der Waals surface area contributed by atoms with E-state index in [1.807, 2.05) is 0 Å². The molecule has 116 valence electrons. The summed E-state index contributed by atoms with van der Waals surface area (Å²) in [4.78, 5) is 0. The van der Waals surface area contributed by atoms with Gasteiger partial charge in [-0.3, -0.25) is 0 Å². The number of hydrogen-bond acceptors (Lipinski definition) is 4. The zero-order valence-corrected chi connectivity index (χ0v) is 12.8. The maximum Gasteiger partial charge on any atom is 0.534 e. The molecule has 0 N–H and O–H groups in total. The molecule has 1 aromatic rings. The molecule has 1 aliphatic rings. The number of ether oxygens (including phenoxy) is 1. The lowest BCUT2D eigenvalue weighted by Gasteiger charge is -2.22. The highest BCUT2D eigenvalue weighted by molar-refractivity contribution is 9.10. The van der Waals surface area contributed by atoms with Gasteiger partial charge in [-0.05, 0) is 23.8 Å². The smallest absolute Gasteiger partial charge is 0.381 e. The Balaban J connectivity index is 2.22. The van der Waals surface area contributed by atoms with Gasteiger partial charge in [-0.1, -0.05) is 28.1 Å². The van der Waals surface area contributed by atoms with Gasteiger partial charge in [0, 0.05) is 10.9 Å². The minimum absolute atomic E-state index is 0.0419. The molecule has 2 rings (SSSR count). The van der Waals surface area contributed by atoms with Crippen molar-refractivity contribution in [1.29, 1.82) is 0 Å². The molecular weight excluding hydrogens is 377 g/mol. The molecular formula is C12H10BrF3O4S. The van der Waals surface area contributed by atoms with Crippen LogP contribution in [0.15, 0.2) is 40.6 Å². The van der Waals surface area contributed by atoms with Crippen LogP contribution in [0.2, 0.25) is 0 Å². The first-order valence-corrected chi connectivity index (χ1v) is 7.98. The molecule has 21 heavy (non-hydrogen) atoms. The van der Waals surface area contributed by atoms with E-state index in [4.69, 9.17) is 4.74 Å². The Hall–Kier alpha value is -1.06. The predicted octanol–water partition coefficient (Wildman–Crippen LogP) is 3.66. The molecule has 0 saturated heterocycles. The lowest BCUT2D eigenvalue weighted by molar-refractivity contribution is -0.0530. The van der Waals surface area contributed by atoms with E-state index in [-0.39, 0.29) is 18.8 Å². The van der Waals surface area contributed by atoms with Crippen molar-refractivity contribution in [3.05, 3.63) is 46.1 Å². The number of alkyl halides is 3. The zero-order valence-electron chi connectivity index (χ0n) is 10.4. The second-order valence-corrected chi connectivity index (χ2v) is 6.67. The minimum Gasteiger partial charge on any atom is -0.381 e. The number of halogens is 4. The van der Waals surface area contributed by atoms with E-state index in [9.17, 15) is 21.6 Å². The average molecular weight is 387 g/mol. The van der Waals surface area contributed by atoms with Crippen LogP contribution in [0, 0.1) is 0 Å². The Morgan fingerprint density at radius 1 is 1.33 bits per heavy atom. The second-order valence-electron chi connectivity index (χ2n) is 4.21. The van der Waals surface area contributed by atoms with Crippen molar-refractivity contribution in [3.8, 4) is 0 Å². The van der Waals surface area contributed by atoms with E-state index in [1.54, 1.807) is 24.3 Å². The van der Waals surface area contributed by atoms with E-state index in [2.05, 4.69) is 20.1 Å². The fourth-order valence-corrected chi connectivity index (χ4v) is 2.65. The molecule has 0 fully saturated rings. The molecule has 1 aromatic carbocycles. The van der Waals surface area contributed by atoms with E-state index >= 15 is 0 Å². The molecule has 0 bridgehead atoms. The van der Waals surface area contributed by atoms with Gasteiger partial charge in [0.05, 0.1) is 6.61 Å². The molecule has 0 spiro atoms. The largest absolute Gasteiger partial charge is 0.534 e. The summed E-state index contributed by atoms with van der Waals surface area (Å²) < 4.78 is 69.1. The first kappa shape index (κ1) is 16.3. The standard InChI is InChI=1S/C12H10BrF3O4S/c13-9-3-1-2-8(6-9)11-7-10(4-5-19-11)20-21(17,18)12(14,15)16/h1-3,6-7,11H,4-5H2. The highest BCUT2D eigenvalue weighted by Crippen LogP contribution is 2.32. The first-order valence-electron chi connectivity index (χ1n) is 5.77. The summed E-state index contributed by atoms with van der Waals surface area (Å²) in [6, 6.07) is 6.95. The van der Waals surface area contributed by atoms with Crippen molar-refractivity contribution in [1.82, 2.24) is 0 Å². The van der Waals surface area contributed by atoms with Crippen LogP contribution in [0.25, 0.3) is 0 Å². The van der Waals surface area contributed by atoms with Gasteiger partial charge in [0.1, 0.15) is 11.9 Å². The van der Waals surface area contributed by atoms with Crippen LogP contribution in [0.1, 0.15) is 18.1 Å². The Morgan fingerprint density at radius 3 is 2.67 bits per heavy atom. The van der Waals surface area contributed by atoms with Crippen LogP contribution < -0.4 is 0 Å². The summed E-state index contributed by atoms with van der Waals surface area (Å²) in [5.74, 6) is -0.274. The van der Waals surface area contributed by atoms with Crippen LogP contribution >= 0.6 is 15.9 Å². The Bertz CT molecular complexity index is 655. The molecule has 1 aliphatic heterocycles. The number of rotatable bonds is 3. The topological polar surface area (TPSA) is 52.6 Å². The maximum absolute atomic E-state index is 12.3. The van der Waals surface area contributed by atoms with Crippen LogP contribution in [-0.4, -0.2) is 20.5 Å². The number of hydrogen-bond donors (Lipinski definition) is 0. The van der Waals surface area contributed by atoms with Gasteiger partial charge in [0.2, 0.25) is 0 Å². The Labute approximate surface area is 127 Å². The Morgan fingerprint density at radius 2 is 2.05 bits per heavy atom. The van der Waals surface area contributed by atoms with Gasteiger partial charge >= 0.3 is 15.6 Å². The summed E-state index contributed by atoms with van der Waals surface area (Å²) >= 11 is 3.27. The van der Waals surface area contributed by atoms with Gasteiger partial charge in [-0.25, -0.2) is 0 Å². The quantitative estimate of drug-likeness (QED) is 0.587. The highest BCUT2D eigenvalue weighted by Gasteiger charge is 2.49. The molecule has 1 atom stereocenters. The summed E-state index contributed by atoms with van der Waals surface area (Å²) in [7, 11) is -5.64. The van der Waals surface area contributed by atoms with Crippen molar-refractivity contribution in [2.24, 2.45) is 0 Å². The zero-order chi connectivity index (χ0) is 15.7. The fourth-order valence-electron chi connectivity index (χ4n) is 1.72. The molecule has 0 aromatic heterocycles. The fraction of sp³-hybridized carbons (Fsp3) is 0.333. The van der Waals surface area contributed by atoms with Gasteiger partial charge in [0.15, 0.2) is 0 Å². The molecule has 1 unspecified atom stereocenters. The summed E-state index contributed by atoms with van der Waals surface area (Å²) in [6.45, 7) is 0.0659. The first-order chi connectivity index (χ1) is 9.69. The van der Waals surface area contributed by atoms with Crippen molar-refractivity contribution in [2.45, 2.75) is 18.0 Å². The summed E-state index contributed by atoms with van der Waals surface area (Å²) in [6.07, 6.45) is 0.531. The van der Waals surface area contributed by atoms with Crippen LogP contribution in [0.3, 0.4) is 0 Å². The molecule has 9 heteroatoms. The predicted molar refractivity (Wildman–Crippen MR) is 71.6 cm³/mol. The van der Waals surface area contributed by atoms with Crippen LogP contribution in [-0.2, 0) is 19.0 Å². The molecule has 0 radical (unpaired) electrons. The van der Waals surface area contributed by atoms with Gasteiger partial charge in [-0.15, -0.1) is 0 Å². The van der Waals surface area contributed by atoms with Crippen molar-refractivity contribution in [2.75, 3.05) is 6.61 Å². The minimum atomic E-state index is -5.64. The molecule has 4 nitrogen and oxygen atoms in total. The van der Waals surface area contributed by atoms with Crippen LogP contribution in [0.4, 0.5) is 13.2 Å². The monoisotopic (exact) mass is 386 g/mol. The number of benzene rings is 1. The normalized spacial score (nSPS) is 20.0. The third kappa shape index (κ3) is 3.98. The summed E-state index contributed by atoms with van der Waals surface area (Å²) in [5, 5.41) is 0. The van der Waals surface area contributed by atoms with Crippen LogP contribution in [0.5, 0.6) is 0 Å². The van der Waals surface area contributed by atoms with E-state index < -0.39 is 21.7 Å². The van der Waals surface area contributed by atoms with Gasteiger partial charge in [0.25, 0.3) is 0 Å². The van der Waals surface area contributed by atoms with Crippen molar-refractivity contribution < 1.29 is 30.5 Å². The third-order valence-corrected chi connectivity index (χ3v) is 4.15. The third-order valence-electron chi connectivity index (χ3n) is 2.66. The average Bonchev–Trinajstić information content (AvgIpc) is 2.37. The second kappa shape index (κ2) is 5.98. The highest BCUT2D eigenvalue weighted by atomic mass is 79.9. The summed E-state index contributed by atoms with van der Waals surface area (Å²) in [5.41, 5.74) is -4.77. The lowest BCUT2D eigenvalue weighted by atomic mass is 10.1. The van der Waals surface area contributed by atoms with E-state index in [0.717, 1.165) is 4.47 Å². The Kier molecular flexibility index (Phi) is 4.64. The van der Waals surface area contributed by atoms with Crippen molar-refractivity contribution >= 4 is 26.0 Å². The molecule has 1 heterocycles. The van der Waals surface area contributed by atoms with Crippen molar-refractivity contribution in [3.63, 3.8) is 0 Å². The lowest BCUT2D eigenvalue weighted by Crippen LogP contribution is -2.26. The maximum atomic E-state index is 12.3. The van der Waals surface area contributed by atoms with Gasteiger partial charge < -0.3 is 8.92 Å².